The predicted octanol–water partition coefficient (Wildman–Crippen LogP) is 4.82. The molecule has 7 heteroatoms. The summed E-state index contributed by atoms with van der Waals surface area (Å²) >= 11 is 1.41. The molecule has 0 atom stereocenters. The maximum absolute atomic E-state index is 12.9. The average Bonchev–Trinajstić information content (AvgIpc) is 3.34. The number of benzene rings is 1. The molecule has 6 nitrogen and oxygen atoms in total. The van der Waals surface area contributed by atoms with E-state index in [-0.39, 0.29) is 5.78 Å². The molecule has 3 heterocycles. The van der Waals surface area contributed by atoms with E-state index in [0.29, 0.717) is 10.9 Å². The summed E-state index contributed by atoms with van der Waals surface area (Å²) < 4.78 is 4.05. The van der Waals surface area contributed by atoms with Crippen LogP contribution in [0.2, 0.25) is 0 Å². The molecule has 0 bridgehead atoms. The molecule has 0 amide bonds. The summed E-state index contributed by atoms with van der Waals surface area (Å²) in [5, 5.41) is 9.55. The number of ketones is 1. The van der Waals surface area contributed by atoms with Crippen LogP contribution in [0.1, 0.15) is 34.2 Å². The quantitative estimate of drug-likeness (QED) is 0.310. The van der Waals surface area contributed by atoms with Crippen LogP contribution < -0.4 is 0 Å². The maximum atomic E-state index is 12.9. The Balaban J connectivity index is 1.68. The van der Waals surface area contributed by atoms with E-state index in [1.807, 2.05) is 48.2 Å². The molecule has 0 aliphatic carbocycles. The third kappa shape index (κ3) is 4.18. The summed E-state index contributed by atoms with van der Waals surface area (Å²) in [5.41, 5.74) is 5.98. The highest BCUT2D eigenvalue weighted by Crippen LogP contribution is 2.29. The Morgan fingerprint density at radius 1 is 1.03 bits per heavy atom. The van der Waals surface area contributed by atoms with Crippen LogP contribution in [0, 0.1) is 13.8 Å². The summed E-state index contributed by atoms with van der Waals surface area (Å²) in [6.07, 6.45) is 4.46. The van der Waals surface area contributed by atoms with Gasteiger partial charge in [-0.05, 0) is 56.2 Å². The fourth-order valence-corrected chi connectivity index (χ4v) is 4.35. The van der Waals surface area contributed by atoms with Crippen molar-refractivity contribution in [2.24, 2.45) is 7.05 Å². The number of pyridine rings is 1. The van der Waals surface area contributed by atoms with E-state index in [4.69, 9.17) is 0 Å². The lowest BCUT2D eigenvalue weighted by atomic mass is 10.1. The third-order valence-corrected chi connectivity index (χ3v) is 6.51. The summed E-state index contributed by atoms with van der Waals surface area (Å²) in [6.45, 7) is 6.12. The summed E-state index contributed by atoms with van der Waals surface area (Å²) in [7, 11) is 1.98. The second kappa shape index (κ2) is 8.89. The van der Waals surface area contributed by atoms with Gasteiger partial charge in [-0.3, -0.25) is 14.3 Å². The van der Waals surface area contributed by atoms with Gasteiger partial charge in [0.15, 0.2) is 16.8 Å². The van der Waals surface area contributed by atoms with Crippen molar-refractivity contribution in [1.29, 1.82) is 0 Å². The lowest BCUT2D eigenvalue weighted by Gasteiger charge is -2.11. The minimum absolute atomic E-state index is 0.0903. The Labute approximate surface area is 186 Å². The fourth-order valence-electron chi connectivity index (χ4n) is 3.51. The zero-order valence-electron chi connectivity index (χ0n) is 18.2. The van der Waals surface area contributed by atoms with Gasteiger partial charge in [0.05, 0.1) is 5.75 Å². The molecule has 1 aromatic carbocycles. The Hall–Kier alpha value is -3.19. The Bertz CT molecular complexity index is 1210. The van der Waals surface area contributed by atoms with Crippen molar-refractivity contribution in [2.45, 2.75) is 32.3 Å². The second-order valence-corrected chi connectivity index (χ2v) is 8.40. The number of hydrogen-bond acceptors (Lipinski definition) is 5. The number of carbonyl (C=O) groups is 1. The van der Waals surface area contributed by atoms with Crippen LogP contribution in [0.4, 0.5) is 0 Å². The molecule has 4 aromatic rings. The molecule has 3 aromatic heterocycles. The normalized spacial score (nSPS) is 11.1. The van der Waals surface area contributed by atoms with Crippen LogP contribution in [0.25, 0.3) is 17.1 Å². The van der Waals surface area contributed by atoms with Crippen LogP contribution in [0.3, 0.4) is 0 Å². The van der Waals surface area contributed by atoms with E-state index in [2.05, 4.69) is 46.4 Å². The topological polar surface area (TPSA) is 65.6 Å². The molecule has 0 unspecified atom stereocenters. The van der Waals surface area contributed by atoms with Crippen LogP contribution in [0.5, 0.6) is 0 Å². The van der Waals surface area contributed by atoms with Gasteiger partial charge in [0.1, 0.15) is 0 Å². The smallest absolute Gasteiger partial charge is 0.196 e. The molecule has 0 aliphatic rings. The van der Waals surface area contributed by atoms with Gasteiger partial charge in [-0.1, -0.05) is 30.8 Å². The van der Waals surface area contributed by atoms with E-state index < -0.39 is 0 Å². The van der Waals surface area contributed by atoms with Gasteiger partial charge < -0.3 is 4.57 Å². The lowest BCUT2D eigenvalue weighted by Crippen LogP contribution is -2.06. The van der Waals surface area contributed by atoms with E-state index >= 15 is 0 Å². The zero-order valence-corrected chi connectivity index (χ0v) is 19.0. The van der Waals surface area contributed by atoms with Gasteiger partial charge >= 0.3 is 0 Å². The van der Waals surface area contributed by atoms with Gasteiger partial charge in [0.2, 0.25) is 0 Å². The average molecular weight is 432 g/mol. The van der Waals surface area contributed by atoms with Gasteiger partial charge in [0, 0.05) is 47.6 Å². The van der Waals surface area contributed by atoms with Gasteiger partial charge in [-0.2, -0.15) is 0 Å². The predicted molar refractivity (Wildman–Crippen MR) is 124 cm³/mol. The molecule has 0 saturated carbocycles. The Morgan fingerprint density at radius 2 is 1.74 bits per heavy atom. The summed E-state index contributed by atoms with van der Waals surface area (Å²) in [4.78, 5) is 17.0. The number of nitrogens with zero attached hydrogens (tertiary/aromatic N) is 5. The summed E-state index contributed by atoms with van der Waals surface area (Å²) in [5.74, 6) is 1.12. The first-order valence-electron chi connectivity index (χ1n) is 10.2. The molecule has 0 fully saturated rings. The molecule has 4 rings (SSSR count). The van der Waals surface area contributed by atoms with E-state index in [0.717, 1.165) is 40.4 Å². The molecule has 0 spiro atoms. The van der Waals surface area contributed by atoms with Crippen LogP contribution in [-0.4, -0.2) is 35.9 Å². The van der Waals surface area contributed by atoms with Gasteiger partial charge in [0.25, 0.3) is 0 Å². The van der Waals surface area contributed by atoms with E-state index in [1.165, 1.54) is 17.3 Å². The first kappa shape index (κ1) is 21.1. The highest BCUT2D eigenvalue weighted by molar-refractivity contribution is 7.99. The number of aryl methyl sites for hydroxylation is 2. The van der Waals surface area contributed by atoms with Crippen molar-refractivity contribution >= 4 is 17.5 Å². The number of carbonyl (C=O) groups excluding carboxylic acids is 1. The molecular formula is C24H25N5OS. The SMILES string of the molecule is CCc1ccc(-n2c(SCC(=O)c3cc(C)n(C)c3C)nnc2-c2ccncc2)cc1. The molecular weight excluding hydrogens is 406 g/mol. The fraction of sp³-hybridized carbons (Fsp3) is 0.250. The highest BCUT2D eigenvalue weighted by Gasteiger charge is 2.19. The Morgan fingerprint density at radius 3 is 2.35 bits per heavy atom. The van der Waals surface area contributed by atoms with Crippen molar-refractivity contribution < 1.29 is 4.79 Å². The minimum atomic E-state index is 0.0903. The zero-order chi connectivity index (χ0) is 22.0. The van der Waals surface area contributed by atoms with E-state index in [9.17, 15) is 4.79 Å². The first-order valence-corrected chi connectivity index (χ1v) is 11.2. The molecule has 0 N–H and O–H groups in total. The van der Waals surface area contributed by atoms with Crippen molar-refractivity contribution in [2.75, 3.05) is 5.75 Å². The molecule has 0 radical (unpaired) electrons. The molecule has 31 heavy (non-hydrogen) atoms. The lowest BCUT2D eigenvalue weighted by molar-refractivity contribution is 0.102. The molecule has 0 aliphatic heterocycles. The number of Topliss-reactive ketones (excluding diaryl/α,β-unsaturated/α-hetero) is 1. The number of hydrogen-bond donors (Lipinski definition) is 0. The Kier molecular flexibility index (Phi) is 6.04. The number of thioether (sulfide) groups is 1. The second-order valence-electron chi connectivity index (χ2n) is 7.45. The maximum Gasteiger partial charge on any atom is 0.196 e. The largest absolute Gasteiger partial charge is 0.351 e. The monoisotopic (exact) mass is 431 g/mol. The molecule has 158 valence electrons. The van der Waals surface area contributed by atoms with Crippen molar-refractivity contribution in [3.05, 3.63) is 77.4 Å². The van der Waals surface area contributed by atoms with Crippen LogP contribution in [-0.2, 0) is 13.5 Å². The van der Waals surface area contributed by atoms with Gasteiger partial charge in [-0.15, -0.1) is 10.2 Å². The van der Waals surface area contributed by atoms with Crippen molar-refractivity contribution in [1.82, 2.24) is 24.3 Å². The van der Waals surface area contributed by atoms with Crippen LogP contribution in [0.15, 0.2) is 60.0 Å². The highest BCUT2D eigenvalue weighted by atomic mass is 32.2. The van der Waals surface area contributed by atoms with Gasteiger partial charge in [-0.25, -0.2) is 0 Å². The summed E-state index contributed by atoms with van der Waals surface area (Å²) in [6, 6.07) is 14.2. The number of rotatable bonds is 7. The standard InChI is InChI=1S/C24H25N5OS/c1-5-18-6-8-20(9-7-18)29-23(19-10-12-25-13-11-19)26-27-24(29)31-15-22(30)21-14-16(2)28(4)17(21)3/h6-14H,5,15H2,1-4H3. The number of aromatic nitrogens is 5. The third-order valence-electron chi connectivity index (χ3n) is 5.58. The molecule has 0 saturated heterocycles. The minimum Gasteiger partial charge on any atom is -0.351 e. The van der Waals surface area contributed by atoms with Crippen molar-refractivity contribution in [3.8, 4) is 17.1 Å². The van der Waals surface area contributed by atoms with Crippen molar-refractivity contribution in [3.63, 3.8) is 0 Å². The van der Waals surface area contributed by atoms with Crippen LogP contribution >= 0.6 is 11.8 Å². The van der Waals surface area contributed by atoms with E-state index in [1.54, 1.807) is 12.4 Å². The first-order chi connectivity index (χ1) is 15.0.